The normalized spacial score (nSPS) is 14.2. The van der Waals surface area contributed by atoms with Gasteiger partial charge < -0.3 is 4.57 Å². The molecular weight excluding hydrogens is 318 g/mol. The number of hydrogen-bond acceptors (Lipinski definition) is 2. The molecule has 4 heteroatoms. The molecule has 0 saturated carbocycles. The van der Waals surface area contributed by atoms with Crippen LogP contribution in [0.1, 0.15) is 34.5 Å². The highest BCUT2D eigenvalue weighted by Gasteiger charge is 2.20. The highest BCUT2D eigenvalue weighted by atomic mass is 79.9. The average molecular weight is 332 g/mol. The van der Waals surface area contributed by atoms with Crippen LogP contribution in [0, 0.1) is 0 Å². The zero-order chi connectivity index (χ0) is 14.1. The minimum atomic E-state index is -0.0404. The van der Waals surface area contributed by atoms with Gasteiger partial charge in [-0.3, -0.25) is 9.59 Å². The minimum Gasteiger partial charge on any atom is -0.308 e. The summed E-state index contributed by atoms with van der Waals surface area (Å²) in [5.74, 6) is 0.149. The van der Waals surface area contributed by atoms with Gasteiger partial charge in [0.25, 0.3) is 5.56 Å². The molecule has 0 fully saturated rings. The van der Waals surface area contributed by atoms with Gasteiger partial charge in [-0.05, 0) is 36.6 Å². The highest BCUT2D eigenvalue weighted by Crippen LogP contribution is 2.20. The second kappa shape index (κ2) is 5.37. The van der Waals surface area contributed by atoms with Crippen LogP contribution >= 0.6 is 15.9 Å². The lowest BCUT2D eigenvalue weighted by molar-refractivity contribution is 0.0970. The summed E-state index contributed by atoms with van der Waals surface area (Å²) in [6.07, 6.45) is 2.22. The van der Waals surface area contributed by atoms with E-state index in [0.717, 1.165) is 28.6 Å². The molecule has 3 nitrogen and oxygen atoms in total. The Morgan fingerprint density at radius 2 is 1.75 bits per heavy atom. The topological polar surface area (TPSA) is 39.1 Å². The first-order valence-electron chi connectivity index (χ1n) is 6.65. The van der Waals surface area contributed by atoms with Gasteiger partial charge in [0.15, 0.2) is 5.78 Å². The van der Waals surface area contributed by atoms with E-state index < -0.39 is 0 Å². The Bertz CT molecular complexity index is 716. The Hall–Kier alpha value is -1.68. The van der Waals surface area contributed by atoms with Crippen LogP contribution in [0.2, 0.25) is 0 Å². The maximum Gasteiger partial charge on any atom is 0.251 e. The summed E-state index contributed by atoms with van der Waals surface area (Å²) in [6.45, 7) is 0.516. The highest BCUT2D eigenvalue weighted by molar-refractivity contribution is 9.10. The fraction of sp³-hybridized carbons (Fsp3) is 0.250. The Morgan fingerprint density at radius 1 is 1.00 bits per heavy atom. The molecule has 20 heavy (non-hydrogen) atoms. The Balaban J connectivity index is 2.05. The van der Waals surface area contributed by atoms with Crippen LogP contribution in [-0.2, 0) is 13.0 Å². The molecule has 0 amide bonds. The van der Waals surface area contributed by atoms with E-state index in [0.29, 0.717) is 18.5 Å². The van der Waals surface area contributed by atoms with E-state index in [9.17, 15) is 9.59 Å². The molecule has 102 valence electrons. The van der Waals surface area contributed by atoms with Crippen molar-refractivity contribution in [3.8, 4) is 0 Å². The molecule has 0 atom stereocenters. The summed E-state index contributed by atoms with van der Waals surface area (Å²) in [5, 5.41) is 0. The molecular formula is C16H14BrNO2. The third kappa shape index (κ3) is 2.48. The summed E-state index contributed by atoms with van der Waals surface area (Å²) in [5.41, 5.74) is 2.62. The minimum absolute atomic E-state index is 0.0404. The lowest BCUT2D eigenvalue weighted by atomic mass is 9.94. The summed E-state index contributed by atoms with van der Waals surface area (Å²) in [6, 6.07) is 11.1. The van der Waals surface area contributed by atoms with Crippen molar-refractivity contribution in [2.45, 2.75) is 25.8 Å². The second-order valence-electron chi connectivity index (χ2n) is 5.02. The predicted molar refractivity (Wildman–Crippen MR) is 81.2 cm³/mol. The molecule has 1 heterocycles. The van der Waals surface area contributed by atoms with Gasteiger partial charge in [0.2, 0.25) is 0 Å². The first-order chi connectivity index (χ1) is 9.65. The summed E-state index contributed by atoms with van der Waals surface area (Å²) in [4.78, 5) is 24.0. The molecule has 1 aromatic carbocycles. The van der Waals surface area contributed by atoms with E-state index in [-0.39, 0.29) is 11.3 Å². The summed E-state index contributed by atoms with van der Waals surface area (Å²) >= 11 is 3.40. The van der Waals surface area contributed by atoms with Gasteiger partial charge in [0.05, 0.1) is 6.54 Å². The van der Waals surface area contributed by atoms with Gasteiger partial charge in [0.1, 0.15) is 0 Å². The van der Waals surface area contributed by atoms with E-state index in [1.165, 1.54) is 6.07 Å². The van der Waals surface area contributed by atoms with E-state index in [1.807, 2.05) is 24.3 Å². The number of ketones is 1. The lowest BCUT2D eigenvalue weighted by Crippen LogP contribution is -2.28. The zero-order valence-electron chi connectivity index (χ0n) is 10.9. The van der Waals surface area contributed by atoms with Gasteiger partial charge in [-0.15, -0.1) is 0 Å². The van der Waals surface area contributed by atoms with Crippen molar-refractivity contribution < 1.29 is 4.79 Å². The van der Waals surface area contributed by atoms with Crippen LogP contribution < -0.4 is 5.56 Å². The number of nitrogens with zero attached hydrogens (tertiary/aromatic N) is 1. The van der Waals surface area contributed by atoms with E-state index in [4.69, 9.17) is 0 Å². The number of carbonyl (C=O) groups excluding carboxylic acids is 1. The van der Waals surface area contributed by atoms with Crippen molar-refractivity contribution in [3.05, 3.63) is 68.0 Å². The number of carbonyl (C=O) groups is 1. The SMILES string of the molecule is O=C1CCCc2c1ccc(=O)n2Cc1ccc(Br)cc1. The van der Waals surface area contributed by atoms with Crippen molar-refractivity contribution in [2.24, 2.45) is 0 Å². The predicted octanol–water partition coefficient (Wildman–Crippen LogP) is 3.18. The average Bonchev–Trinajstić information content (AvgIpc) is 2.44. The number of rotatable bonds is 2. The summed E-state index contributed by atoms with van der Waals surface area (Å²) < 4.78 is 2.74. The van der Waals surface area contributed by atoms with Gasteiger partial charge in [-0.2, -0.15) is 0 Å². The van der Waals surface area contributed by atoms with Crippen molar-refractivity contribution in [1.82, 2.24) is 4.57 Å². The van der Waals surface area contributed by atoms with Crippen molar-refractivity contribution in [3.63, 3.8) is 0 Å². The number of fused-ring (bicyclic) bond motifs is 1. The molecule has 0 spiro atoms. The largest absolute Gasteiger partial charge is 0.308 e. The zero-order valence-corrected chi connectivity index (χ0v) is 12.5. The third-order valence-electron chi connectivity index (χ3n) is 3.67. The fourth-order valence-electron chi connectivity index (χ4n) is 2.64. The monoisotopic (exact) mass is 331 g/mol. The smallest absolute Gasteiger partial charge is 0.251 e. The molecule has 0 N–H and O–H groups in total. The number of halogens is 1. The first kappa shape index (κ1) is 13.3. The Labute approximate surface area is 125 Å². The van der Waals surface area contributed by atoms with E-state index >= 15 is 0 Å². The van der Waals surface area contributed by atoms with Crippen LogP contribution in [0.25, 0.3) is 0 Å². The molecule has 0 saturated heterocycles. The fourth-order valence-corrected chi connectivity index (χ4v) is 2.90. The van der Waals surface area contributed by atoms with Gasteiger partial charge in [-0.25, -0.2) is 0 Å². The van der Waals surface area contributed by atoms with Crippen LogP contribution in [-0.4, -0.2) is 10.4 Å². The molecule has 0 radical (unpaired) electrons. The second-order valence-corrected chi connectivity index (χ2v) is 5.94. The maximum absolute atomic E-state index is 12.1. The standard InChI is InChI=1S/C16H14BrNO2/c17-12-6-4-11(5-7-12)10-18-14-2-1-3-15(19)13(14)8-9-16(18)20/h4-9H,1-3,10H2. The lowest BCUT2D eigenvalue weighted by Gasteiger charge is -2.20. The first-order valence-corrected chi connectivity index (χ1v) is 7.45. The van der Waals surface area contributed by atoms with Crippen LogP contribution in [0.5, 0.6) is 0 Å². The molecule has 0 unspecified atom stereocenters. The summed E-state index contributed by atoms with van der Waals surface area (Å²) in [7, 11) is 0. The van der Waals surface area contributed by atoms with E-state index in [1.54, 1.807) is 10.6 Å². The van der Waals surface area contributed by atoms with Crippen molar-refractivity contribution >= 4 is 21.7 Å². The van der Waals surface area contributed by atoms with Crippen LogP contribution in [0.3, 0.4) is 0 Å². The van der Waals surface area contributed by atoms with Gasteiger partial charge in [0, 0.05) is 28.2 Å². The Kier molecular flexibility index (Phi) is 3.57. The quantitative estimate of drug-likeness (QED) is 0.847. The molecule has 0 aliphatic heterocycles. The van der Waals surface area contributed by atoms with Crippen molar-refractivity contribution in [1.29, 1.82) is 0 Å². The van der Waals surface area contributed by atoms with Gasteiger partial charge >= 0.3 is 0 Å². The number of hydrogen-bond donors (Lipinski definition) is 0. The van der Waals surface area contributed by atoms with E-state index in [2.05, 4.69) is 15.9 Å². The maximum atomic E-state index is 12.1. The number of benzene rings is 1. The van der Waals surface area contributed by atoms with Crippen LogP contribution in [0.4, 0.5) is 0 Å². The third-order valence-corrected chi connectivity index (χ3v) is 4.20. The molecule has 1 aromatic heterocycles. The molecule has 3 rings (SSSR count). The molecule has 2 aromatic rings. The van der Waals surface area contributed by atoms with Crippen molar-refractivity contribution in [2.75, 3.05) is 0 Å². The molecule has 1 aliphatic carbocycles. The van der Waals surface area contributed by atoms with Gasteiger partial charge in [-0.1, -0.05) is 28.1 Å². The van der Waals surface area contributed by atoms with Crippen LogP contribution in [0.15, 0.2) is 45.7 Å². The number of pyridine rings is 1. The molecule has 1 aliphatic rings. The Morgan fingerprint density at radius 3 is 2.50 bits per heavy atom. The molecule has 0 bridgehead atoms. The number of Topliss-reactive ketones (excluding diaryl/α,β-unsaturated/α-hetero) is 1. The number of aromatic nitrogens is 1.